The highest BCUT2D eigenvalue weighted by atomic mass is 16.5. The Hall–Kier alpha value is -1.18. The van der Waals surface area contributed by atoms with Gasteiger partial charge < -0.3 is 10.5 Å². The molecule has 0 fully saturated rings. The van der Waals surface area contributed by atoms with Crippen molar-refractivity contribution in [1.29, 1.82) is 0 Å². The van der Waals surface area contributed by atoms with Gasteiger partial charge in [0.25, 0.3) is 0 Å². The molecule has 2 N–H and O–H groups in total. The van der Waals surface area contributed by atoms with Crippen LogP contribution in [0.25, 0.3) is 0 Å². The average Bonchev–Trinajstić information content (AvgIpc) is 2.06. The Balaban J connectivity index is 2.89. The second-order valence-electron chi connectivity index (χ2n) is 4.44. The molecule has 0 saturated carbocycles. The largest absolute Gasteiger partial charge is 0.486 e. The number of nitrogens with two attached hydrogens (primary N) is 1. The number of nitrogen functional groups attached to an aromatic ring is 1. The van der Waals surface area contributed by atoms with Crippen molar-refractivity contribution < 1.29 is 4.74 Å². The molecule has 0 bridgehead atoms. The van der Waals surface area contributed by atoms with Gasteiger partial charge in [0.1, 0.15) is 11.4 Å². The second kappa shape index (κ2) is 3.91. The maximum absolute atomic E-state index is 5.88. The zero-order chi connectivity index (χ0) is 10.8. The monoisotopic (exact) mass is 193 g/mol. The number of anilines is 1. The fourth-order valence-corrected chi connectivity index (χ4v) is 1.24. The Morgan fingerprint density at radius 1 is 1.29 bits per heavy atom. The predicted molar refractivity (Wildman–Crippen MR) is 60.6 cm³/mol. The number of ether oxygens (including phenoxy) is 1. The van der Waals surface area contributed by atoms with Crippen molar-refractivity contribution in [2.24, 2.45) is 0 Å². The molecule has 78 valence electrons. The van der Waals surface area contributed by atoms with Crippen LogP contribution in [0.15, 0.2) is 18.2 Å². The van der Waals surface area contributed by atoms with Crippen LogP contribution in [0.1, 0.15) is 33.3 Å². The van der Waals surface area contributed by atoms with Gasteiger partial charge in [-0.3, -0.25) is 0 Å². The van der Waals surface area contributed by atoms with E-state index >= 15 is 0 Å². The first kappa shape index (κ1) is 10.9. The van der Waals surface area contributed by atoms with E-state index < -0.39 is 0 Å². The van der Waals surface area contributed by atoms with Gasteiger partial charge in [0.05, 0.1) is 5.69 Å². The standard InChI is InChI=1S/C12H19NO/c1-5-9-6-7-11(10(13)8-9)14-12(2,3)4/h6-8H,5,13H2,1-4H3. The molecule has 0 heterocycles. The van der Waals surface area contributed by atoms with Gasteiger partial charge in [0, 0.05) is 0 Å². The van der Waals surface area contributed by atoms with Crippen LogP contribution < -0.4 is 10.5 Å². The van der Waals surface area contributed by atoms with Crippen LogP contribution >= 0.6 is 0 Å². The maximum Gasteiger partial charge on any atom is 0.142 e. The van der Waals surface area contributed by atoms with E-state index in [1.807, 2.05) is 32.9 Å². The molecule has 1 rings (SSSR count). The Labute approximate surface area is 86.1 Å². The summed E-state index contributed by atoms with van der Waals surface area (Å²) >= 11 is 0. The van der Waals surface area contributed by atoms with E-state index in [0.29, 0.717) is 0 Å². The zero-order valence-electron chi connectivity index (χ0n) is 9.42. The third kappa shape index (κ3) is 2.95. The highest BCUT2D eigenvalue weighted by Gasteiger charge is 2.13. The van der Waals surface area contributed by atoms with Crippen LogP contribution in [-0.4, -0.2) is 5.60 Å². The first-order valence-electron chi connectivity index (χ1n) is 5.00. The maximum atomic E-state index is 5.88. The van der Waals surface area contributed by atoms with Gasteiger partial charge in [0.15, 0.2) is 0 Å². The van der Waals surface area contributed by atoms with Crippen LogP contribution in [0.2, 0.25) is 0 Å². The van der Waals surface area contributed by atoms with Crippen LogP contribution in [0.5, 0.6) is 5.75 Å². The molecule has 0 spiro atoms. The summed E-state index contributed by atoms with van der Waals surface area (Å²) < 4.78 is 5.71. The van der Waals surface area contributed by atoms with Gasteiger partial charge >= 0.3 is 0 Å². The number of benzene rings is 1. The van der Waals surface area contributed by atoms with Gasteiger partial charge in [-0.05, 0) is 44.9 Å². The average molecular weight is 193 g/mol. The van der Waals surface area contributed by atoms with Crippen molar-refractivity contribution in [3.05, 3.63) is 23.8 Å². The molecular weight excluding hydrogens is 174 g/mol. The SMILES string of the molecule is CCc1ccc(OC(C)(C)C)c(N)c1. The third-order valence-electron chi connectivity index (χ3n) is 1.90. The normalized spacial score (nSPS) is 11.4. The van der Waals surface area contributed by atoms with Crippen molar-refractivity contribution in [1.82, 2.24) is 0 Å². The van der Waals surface area contributed by atoms with Crippen LogP contribution in [-0.2, 0) is 6.42 Å². The highest BCUT2D eigenvalue weighted by Crippen LogP contribution is 2.26. The minimum absolute atomic E-state index is 0.193. The van der Waals surface area contributed by atoms with E-state index in [1.54, 1.807) is 0 Å². The number of hydrogen-bond acceptors (Lipinski definition) is 2. The summed E-state index contributed by atoms with van der Waals surface area (Å²) in [5, 5.41) is 0. The second-order valence-corrected chi connectivity index (χ2v) is 4.44. The van der Waals surface area contributed by atoms with Gasteiger partial charge in [0.2, 0.25) is 0 Å². The summed E-state index contributed by atoms with van der Waals surface area (Å²) in [4.78, 5) is 0. The molecule has 0 amide bonds. The van der Waals surface area contributed by atoms with E-state index in [4.69, 9.17) is 10.5 Å². The smallest absolute Gasteiger partial charge is 0.142 e. The first-order chi connectivity index (χ1) is 6.42. The number of rotatable bonds is 2. The summed E-state index contributed by atoms with van der Waals surface area (Å²) in [7, 11) is 0. The molecule has 2 heteroatoms. The molecular formula is C12H19NO. The molecule has 0 unspecified atom stereocenters. The summed E-state index contributed by atoms with van der Waals surface area (Å²) in [5.41, 5.74) is 7.65. The van der Waals surface area contributed by atoms with E-state index in [-0.39, 0.29) is 5.60 Å². The molecule has 14 heavy (non-hydrogen) atoms. The van der Waals surface area contributed by atoms with E-state index in [9.17, 15) is 0 Å². The lowest BCUT2D eigenvalue weighted by Gasteiger charge is -2.22. The van der Waals surface area contributed by atoms with E-state index in [1.165, 1.54) is 5.56 Å². The van der Waals surface area contributed by atoms with Crippen molar-refractivity contribution in [2.75, 3.05) is 5.73 Å². The molecule has 1 aromatic rings. The van der Waals surface area contributed by atoms with Crippen LogP contribution in [0.3, 0.4) is 0 Å². The molecule has 0 aliphatic carbocycles. The summed E-state index contributed by atoms with van der Waals surface area (Å²) in [5.74, 6) is 0.773. The van der Waals surface area contributed by atoms with Gasteiger partial charge in [-0.1, -0.05) is 13.0 Å². The third-order valence-corrected chi connectivity index (χ3v) is 1.90. The molecule has 0 radical (unpaired) electrons. The molecule has 1 aromatic carbocycles. The minimum atomic E-state index is -0.193. The van der Waals surface area contributed by atoms with Crippen LogP contribution in [0, 0.1) is 0 Å². The lowest BCUT2D eigenvalue weighted by molar-refractivity contribution is 0.132. The summed E-state index contributed by atoms with van der Waals surface area (Å²) in [6.07, 6.45) is 1.000. The Morgan fingerprint density at radius 2 is 1.93 bits per heavy atom. The fourth-order valence-electron chi connectivity index (χ4n) is 1.24. The van der Waals surface area contributed by atoms with Crippen LogP contribution in [0.4, 0.5) is 5.69 Å². The minimum Gasteiger partial charge on any atom is -0.486 e. The molecule has 0 aromatic heterocycles. The zero-order valence-corrected chi connectivity index (χ0v) is 9.42. The van der Waals surface area contributed by atoms with Gasteiger partial charge in [-0.2, -0.15) is 0 Å². The van der Waals surface area contributed by atoms with Crippen molar-refractivity contribution in [3.8, 4) is 5.75 Å². The predicted octanol–water partition coefficient (Wildman–Crippen LogP) is 3.01. The Kier molecular flexibility index (Phi) is 3.04. The number of hydrogen-bond donors (Lipinski definition) is 1. The van der Waals surface area contributed by atoms with E-state index in [2.05, 4.69) is 13.0 Å². The van der Waals surface area contributed by atoms with Crippen molar-refractivity contribution in [2.45, 2.75) is 39.7 Å². The fraction of sp³-hybridized carbons (Fsp3) is 0.500. The van der Waals surface area contributed by atoms with Gasteiger partial charge in [-0.25, -0.2) is 0 Å². The summed E-state index contributed by atoms with van der Waals surface area (Å²) in [6.45, 7) is 8.15. The molecule has 0 atom stereocenters. The number of aryl methyl sites for hydroxylation is 1. The molecule has 0 aliphatic rings. The highest BCUT2D eigenvalue weighted by molar-refractivity contribution is 5.54. The molecule has 0 saturated heterocycles. The Bertz CT molecular complexity index is 313. The first-order valence-corrected chi connectivity index (χ1v) is 5.00. The van der Waals surface area contributed by atoms with Gasteiger partial charge in [-0.15, -0.1) is 0 Å². The lowest BCUT2D eigenvalue weighted by Crippen LogP contribution is -2.23. The quantitative estimate of drug-likeness (QED) is 0.733. The topological polar surface area (TPSA) is 35.2 Å². The molecule has 0 aliphatic heterocycles. The van der Waals surface area contributed by atoms with E-state index in [0.717, 1.165) is 17.9 Å². The lowest BCUT2D eigenvalue weighted by atomic mass is 10.1. The summed E-state index contributed by atoms with van der Waals surface area (Å²) in [6, 6.07) is 5.97. The van der Waals surface area contributed by atoms with Crippen molar-refractivity contribution in [3.63, 3.8) is 0 Å². The Morgan fingerprint density at radius 3 is 2.36 bits per heavy atom. The molecule has 2 nitrogen and oxygen atoms in total. The van der Waals surface area contributed by atoms with Crippen molar-refractivity contribution >= 4 is 5.69 Å².